The smallest absolute Gasteiger partial charge is 0.261 e. The van der Waals surface area contributed by atoms with Gasteiger partial charge in [0.25, 0.3) is 5.91 Å². The molecule has 0 aliphatic carbocycles. The van der Waals surface area contributed by atoms with Gasteiger partial charge in [-0.15, -0.1) is 11.3 Å². The lowest BCUT2D eigenvalue weighted by Crippen LogP contribution is -2.35. The highest BCUT2D eigenvalue weighted by molar-refractivity contribution is 7.14. The molecule has 0 aliphatic rings. The van der Waals surface area contributed by atoms with Gasteiger partial charge in [0.2, 0.25) is 0 Å². The molecule has 0 radical (unpaired) electrons. The molecule has 0 spiro atoms. The third-order valence-corrected chi connectivity index (χ3v) is 3.09. The third kappa shape index (κ3) is 4.88. The van der Waals surface area contributed by atoms with E-state index >= 15 is 0 Å². The number of carbonyl (C=O) groups is 1. The van der Waals surface area contributed by atoms with Gasteiger partial charge in [0.1, 0.15) is 0 Å². The van der Waals surface area contributed by atoms with Gasteiger partial charge in [0.15, 0.2) is 0 Å². The average Bonchev–Trinajstić information content (AvgIpc) is 2.82. The Kier molecular flexibility index (Phi) is 6.44. The number of hydrogen-bond acceptors (Lipinski definition) is 4. The zero-order valence-electron chi connectivity index (χ0n) is 10.7. The van der Waals surface area contributed by atoms with Crippen LogP contribution in [0.25, 0.3) is 0 Å². The second-order valence-corrected chi connectivity index (χ2v) is 4.79. The molecule has 98 valence electrons. The minimum Gasteiger partial charge on any atom is -0.380 e. The molecule has 0 aromatic carbocycles. The Morgan fingerprint density at radius 3 is 3.06 bits per heavy atom. The van der Waals surface area contributed by atoms with Gasteiger partial charge in [0, 0.05) is 12.6 Å². The Morgan fingerprint density at radius 1 is 1.61 bits per heavy atom. The molecule has 18 heavy (non-hydrogen) atoms. The molecule has 5 heteroatoms. The molecule has 4 nitrogen and oxygen atoms in total. The monoisotopic (exact) mass is 266 g/mol. The van der Waals surface area contributed by atoms with E-state index in [0.717, 1.165) is 4.88 Å². The first-order valence-corrected chi connectivity index (χ1v) is 6.66. The van der Waals surface area contributed by atoms with Gasteiger partial charge in [-0.1, -0.05) is 11.8 Å². The highest BCUT2D eigenvalue weighted by atomic mass is 32.1. The number of carbonyl (C=O) groups excluding carboxylic acids is 1. The van der Waals surface area contributed by atoms with E-state index in [1.807, 2.05) is 19.9 Å². The van der Waals surface area contributed by atoms with E-state index in [4.69, 9.17) is 10.5 Å². The summed E-state index contributed by atoms with van der Waals surface area (Å²) in [6, 6.07) is 3.60. The van der Waals surface area contributed by atoms with Gasteiger partial charge in [-0.05, 0) is 26.0 Å². The second kappa shape index (κ2) is 7.88. The van der Waals surface area contributed by atoms with Crippen molar-refractivity contribution >= 4 is 17.2 Å². The normalized spacial score (nSPS) is 11.5. The summed E-state index contributed by atoms with van der Waals surface area (Å²) >= 11 is 1.36. The van der Waals surface area contributed by atoms with Gasteiger partial charge in [0.05, 0.1) is 22.9 Å². The van der Waals surface area contributed by atoms with E-state index in [1.165, 1.54) is 11.3 Å². The first kappa shape index (κ1) is 14.7. The minimum atomic E-state index is -0.0898. The van der Waals surface area contributed by atoms with Gasteiger partial charge >= 0.3 is 0 Å². The second-order valence-electron chi connectivity index (χ2n) is 3.70. The minimum absolute atomic E-state index is 0.00174. The number of thiophene rings is 1. The fourth-order valence-corrected chi connectivity index (χ4v) is 2.08. The van der Waals surface area contributed by atoms with Gasteiger partial charge in [-0.25, -0.2) is 0 Å². The van der Waals surface area contributed by atoms with Crippen LogP contribution in [0.2, 0.25) is 0 Å². The summed E-state index contributed by atoms with van der Waals surface area (Å²) in [6.45, 7) is 5.34. The highest BCUT2D eigenvalue weighted by Gasteiger charge is 2.11. The largest absolute Gasteiger partial charge is 0.380 e. The summed E-state index contributed by atoms with van der Waals surface area (Å²) in [5.41, 5.74) is 5.29. The number of rotatable bonds is 5. The fraction of sp³-hybridized carbons (Fsp3) is 0.462. The Balaban J connectivity index is 2.53. The summed E-state index contributed by atoms with van der Waals surface area (Å²) < 4.78 is 5.24. The van der Waals surface area contributed by atoms with Crippen molar-refractivity contribution < 1.29 is 9.53 Å². The van der Waals surface area contributed by atoms with Crippen molar-refractivity contribution in [2.45, 2.75) is 19.9 Å². The fourth-order valence-electron chi connectivity index (χ4n) is 1.30. The zero-order valence-corrected chi connectivity index (χ0v) is 11.5. The molecule has 0 saturated heterocycles. The highest BCUT2D eigenvalue weighted by Crippen LogP contribution is 2.15. The maximum atomic E-state index is 11.9. The van der Waals surface area contributed by atoms with Crippen LogP contribution in [-0.4, -0.2) is 31.7 Å². The first-order valence-electron chi connectivity index (χ1n) is 5.84. The van der Waals surface area contributed by atoms with Crippen LogP contribution in [0.4, 0.5) is 0 Å². The van der Waals surface area contributed by atoms with Crippen molar-refractivity contribution in [3.63, 3.8) is 0 Å². The zero-order chi connectivity index (χ0) is 13.4. The number of hydrogen-bond donors (Lipinski definition) is 2. The summed E-state index contributed by atoms with van der Waals surface area (Å²) in [4.78, 5) is 13.4. The molecule has 1 rings (SSSR count). The molecule has 0 saturated carbocycles. The van der Waals surface area contributed by atoms with E-state index < -0.39 is 0 Å². The molecule has 0 bridgehead atoms. The maximum Gasteiger partial charge on any atom is 0.261 e. The molecule has 1 heterocycles. The average molecular weight is 266 g/mol. The van der Waals surface area contributed by atoms with Crippen molar-refractivity contribution in [3.8, 4) is 11.8 Å². The maximum absolute atomic E-state index is 11.9. The number of nitrogens with two attached hydrogens (primary N) is 1. The van der Waals surface area contributed by atoms with Crippen LogP contribution in [0.1, 0.15) is 28.4 Å². The van der Waals surface area contributed by atoms with Crippen molar-refractivity contribution in [3.05, 3.63) is 21.9 Å². The SMILES string of the molecule is CCOCC(C)NC(=O)c1ccc(C#CCN)s1. The van der Waals surface area contributed by atoms with Crippen LogP contribution in [0.3, 0.4) is 0 Å². The first-order chi connectivity index (χ1) is 8.67. The van der Waals surface area contributed by atoms with E-state index in [0.29, 0.717) is 24.6 Å². The van der Waals surface area contributed by atoms with Crippen molar-refractivity contribution in [2.24, 2.45) is 5.73 Å². The Morgan fingerprint density at radius 2 is 2.39 bits per heavy atom. The number of ether oxygens (including phenoxy) is 1. The van der Waals surface area contributed by atoms with Crippen LogP contribution in [-0.2, 0) is 4.74 Å². The number of amides is 1. The standard InChI is InChI=1S/C13H18N2O2S/c1-3-17-9-10(2)15-13(16)12-7-6-11(18-12)5-4-8-14/h6-7,10H,3,8-9,14H2,1-2H3,(H,15,16). The molecule has 1 aromatic heterocycles. The van der Waals surface area contributed by atoms with Gasteiger partial charge in [-0.2, -0.15) is 0 Å². The van der Waals surface area contributed by atoms with Crippen LogP contribution in [0, 0.1) is 11.8 Å². The molecular formula is C13H18N2O2S. The summed E-state index contributed by atoms with van der Waals surface area (Å²) in [7, 11) is 0. The molecular weight excluding hydrogens is 248 g/mol. The molecule has 1 atom stereocenters. The van der Waals surface area contributed by atoms with Crippen LogP contribution < -0.4 is 11.1 Å². The molecule has 1 amide bonds. The van der Waals surface area contributed by atoms with Gasteiger partial charge in [-0.3, -0.25) is 4.79 Å². The predicted octanol–water partition coefficient (Wildman–Crippen LogP) is 1.21. The van der Waals surface area contributed by atoms with Crippen LogP contribution in [0.5, 0.6) is 0 Å². The van der Waals surface area contributed by atoms with E-state index in [2.05, 4.69) is 17.2 Å². The van der Waals surface area contributed by atoms with E-state index in [1.54, 1.807) is 6.07 Å². The lowest BCUT2D eigenvalue weighted by molar-refractivity contribution is 0.0876. The summed E-state index contributed by atoms with van der Waals surface area (Å²) in [5.74, 6) is 5.58. The molecule has 3 N–H and O–H groups in total. The van der Waals surface area contributed by atoms with Crippen molar-refractivity contribution in [2.75, 3.05) is 19.8 Å². The van der Waals surface area contributed by atoms with E-state index in [-0.39, 0.29) is 11.9 Å². The van der Waals surface area contributed by atoms with Crippen molar-refractivity contribution in [1.82, 2.24) is 5.32 Å². The quantitative estimate of drug-likeness (QED) is 0.787. The Bertz CT molecular complexity index is 445. The third-order valence-electron chi connectivity index (χ3n) is 2.09. The van der Waals surface area contributed by atoms with E-state index in [9.17, 15) is 4.79 Å². The lowest BCUT2D eigenvalue weighted by atomic mass is 10.3. The molecule has 1 unspecified atom stereocenters. The summed E-state index contributed by atoms with van der Waals surface area (Å²) in [5, 5.41) is 2.87. The molecule has 0 aliphatic heterocycles. The molecule has 0 fully saturated rings. The Labute approximate surface area is 112 Å². The topological polar surface area (TPSA) is 64.3 Å². The predicted molar refractivity (Wildman–Crippen MR) is 73.7 cm³/mol. The van der Waals surface area contributed by atoms with Crippen LogP contribution in [0.15, 0.2) is 12.1 Å². The summed E-state index contributed by atoms with van der Waals surface area (Å²) in [6.07, 6.45) is 0. The van der Waals surface area contributed by atoms with Gasteiger partial charge < -0.3 is 15.8 Å². The number of nitrogens with one attached hydrogen (secondary N) is 1. The Hall–Kier alpha value is -1.35. The van der Waals surface area contributed by atoms with Crippen LogP contribution >= 0.6 is 11.3 Å². The molecule has 1 aromatic rings. The lowest BCUT2D eigenvalue weighted by Gasteiger charge is -2.12. The van der Waals surface area contributed by atoms with Crippen molar-refractivity contribution in [1.29, 1.82) is 0 Å².